The van der Waals surface area contributed by atoms with Crippen molar-refractivity contribution in [2.45, 2.75) is 39.2 Å². The minimum absolute atomic E-state index is 0.0623. The lowest BCUT2D eigenvalue weighted by Gasteiger charge is -2.24. The average molecular weight is 219 g/mol. The van der Waals surface area contributed by atoms with Crippen LogP contribution in [-0.2, 0) is 9.53 Å². The molecule has 0 atom stereocenters. The van der Waals surface area contributed by atoms with Crippen LogP contribution in [0.1, 0.15) is 33.6 Å². The monoisotopic (exact) mass is 219 g/mol. The van der Waals surface area contributed by atoms with Crippen LogP contribution in [0.5, 0.6) is 0 Å². The molecule has 4 heteroatoms. The zero-order valence-corrected chi connectivity index (χ0v) is 10.2. The highest BCUT2D eigenvalue weighted by molar-refractivity contribution is 7.80. The molecule has 0 bridgehead atoms. The van der Waals surface area contributed by atoms with Crippen molar-refractivity contribution in [2.75, 3.05) is 18.9 Å². The molecule has 0 fully saturated rings. The second kappa shape index (κ2) is 7.12. The Kier molecular flexibility index (Phi) is 7.01. The van der Waals surface area contributed by atoms with Gasteiger partial charge >= 0.3 is 0 Å². The van der Waals surface area contributed by atoms with E-state index >= 15 is 0 Å². The third-order valence-electron chi connectivity index (χ3n) is 1.92. The molecule has 0 radical (unpaired) electrons. The predicted octanol–water partition coefficient (Wildman–Crippen LogP) is 1.63. The first-order chi connectivity index (χ1) is 6.52. The third kappa shape index (κ3) is 7.21. The van der Waals surface area contributed by atoms with Crippen LogP contribution in [0.25, 0.3) is 0 Å². The van der Waals surface area contributed by atoms with Crippen LogP contribution in [0.3, 0.4) is 0 Å². The molecule has 0 aliphatic heterocycles. The molecule has 14 heavy (non-hydrogen) atoms. The van der Waals surface area contributed by atoms with Gasteiger partial charge in [0.25, 0.3) is 0 Å². The molecule has 0 aliphatic carbocycles. The van der Waals surface area contributed by atoms with Gasteiger partial charge in [0.1, 0.15) is 0 Å². The molecule has 0 aliphatic rings. The zero-order chi connectivity index (χ0) is 11.0. The highest BCUT2D eigenvalue weighted by atomic mass is 32.1. The quantitative estimate of drug-likeness (QED) is 0.639. The third-order valence-corrected chi connectivity index (χ3v) is 2.15. The lowest BCUT2D eigenvalue weighted by Crippen LogP contribution is -2.32. The van der Waals surface area contributed by atoms with Gasteiger partial charge in [-0.1, -0.05) is 0 Å². The van der Waals surface area contributed by atoms with Gasteiger partial charge in [0.15, 0.2) is 0 Å². The lowest BCUT2D eigenvalue weighted by atomic mass is 10.1. The van der Waals surface area contributed by atoms with Crippen LogP contribution in [0, 0.1) is 0 Å². The molecule has 1 N–H and O–H groups in total. The maximum absolute atomic E-state index is 11.1. The summed E-state index contributed by atoms with van der Waals surface area (Å²) in [5, 5.41) is 2.83. The van der Waals surface area contributed by atoms with E-state index in [4.69, 9.17) is 4.74 Å². The molecule has 0 saturated carbocycles. The summed E-state index contributed by atoms with van der Waals surface area (Å²) in [7, 11) is 0. The summed E-state index contributed by atoms with van der Waals surface area (Å²) in [6.07, 6.45) is 1.32. The minimum atomic E-state index is -0.150. The highest BCUT2D eigenvalue weighted by Gasteiger charge is 2.16. The fraction of sp³-hybridized carbons (Fsp3) is 0.900. The fourth-order valence-corrected chi connectivity index (χ4v) is 1.36. The van der Waals surface area contributed by atoms with Gasteiger partial charge in [-0.25, -0.2) is 0 Å². The molecule has 0 rings (SSSR count). The first-order valence-electron chi connectivity index (χ1n) is 5.03. The number of rotatable bonds is 7. The van der Waals surface area contributed by atoms with Crippen molar-refractivity contribution in [1.82, 2.24) is 5.32 Å². The smallest absolute Gasteiger partial charge is 0.220 e. The van der Waals surface area contributed by atoms with E-state index in [2.05, 4.69) is 17.9 Å². The van der Waals surface area contributed by atoms with Gasteiger partial charge in [-0.3, -0.25) is 4.79 Å². The number of amides is 1. The highest BCUT2D eigenvalue weighted by Crippen LogP contribution is 2.12. The summed E-state index contributed by atoms with van der Waals surface area (Å²) < 4.78 is 5.50. The normalized spacial score (nSPS) is 11.4. The Hall–Kier alpha value is -0.220. The molecule has 0 aromatic carbocycles. The van der Waals surface area contributed by atoms with E-state index < -0.39 is 0 Å². The summed E-state index contributed by atoms with van der Waals surface area (Å²) in [6, 6.07) is 0. The van der Waals surface area contributed by atoms with Crippen molar-refractivity contribution in [1.29, 1.82) is 0 Å². The van der Waals surface area contributed by atoms with E-state index in [1.165, 1.54) is 0 Å². The lowest BCUT2D eigenvalue weighted by molar-refractivity contribution is -0.120. The standard InChI is InChI=1S/C10H21NO2S/c1-4-13-10(2,3)6-7-11-9(12)5-8-14/h14H,4-8H2,1-3H3,(H,11,12). The molecule has 3 nitrogen and oxygen atoms in total. The second-order valence-corrected chi connectivity index (χ2v) is 4.21. The zero-order valence-electron chi connectivity index (χ0n) is 9.30. The molecule has 0 aromatic heterocycles. The number of thiol groups is 1. The van der Waals surface area contributed by atoms with E-state index in [1.54, 1.807) is 0 Å². The SMILES string of the molecule is CCOC(C)(C)CCNC(=O)CCS. The number of nitrogens with one attached hydrogen (secondary N) is 1. The molecular weight excluding hydrogens is 198 g/mol. The van der Waals surface area contributed by atoms with Gasteiger partial charge in [0, 0.05) is 19.6 Å². The molecule has 1 amide bonds. The Labute approximate surface area is 92.0 Å². The van der Waals surface area contributed by atoms with Gasteiger partial charge in [-0.15, -0.1) is 0 Å². The Morgan fingerprint density at radius 3 is 2.64 bits per heavy atom. The van der Waals surface area contributed by atoms with E-state index in [0.717, 1.165) is 6.42 Å². The second-order valence-electron chi connectivity index (χ2n) is 3.77. The van der Waals surface area contributed by atoms with E-state index in [-0.39, 0.29) is 11.5 Å². The Morgan fingerprint density at radius 2 is 2.14 bits per heavy atom. The first kappa shape index (κ1) is 13.8. The Balaban J connectivity index is 3.57. The summed E-state index contributed by atoms with van der Waals surface area (Å²) in [5.41, 5.74) is -0.150. The van der Waals surface area contributed by atoms with E-state index in [9.17, 15) is 4.79 Å². The van der Waals surface area contributed by atoms with Gasteiger partial charge in [-0.2, -0.15) is 12.6 Å². The van der Waals surface area contributed by atoms with Crippen LogP contribution in [0.15, 0.2) is 0 Å². The van der Waals surface area contributed by atoms with Gasteiger partial charge in [0.05, 0.1) is 5.60 Å². The average Bonchev–Trinajstić information content (AvgIpc) is 2.03. The van der Waals surface area contributed by atoms with Crippen LogP contribution < -0.4 is 5.32 Å². The first-order valence-corrected chi connectivity index (χ1v) is 5.66. The van der Waals surface area contributed by atoms with Gasteiger partial charge < -0.3 is 10.1 Å². The molecular formula is C10H21NO2S. The van der Waals surface area contributed by atoms with E-state index in [0.29, 0.717) is 25.3 Å². The largest absolute Gasteiger partial charge is 0.376 e. The molecule has 0 saturated heterocycles. The van der Waals surface area contributed by atoms with Crippen molar-refractivity contribution < 1.29 is 9.53 Å². The fourth-order valence-electron chi connectivity index (χ4n) is 1.16. The van der Waals surface area contributed by atoms with Crippen molar-refractivity contribution >= 4 is 18.5 Å². The number of ether oxygens (including phenoxy) is 1. The minimum Gasteiger partial charge on any atom is -0.376 e. The molecule has 0 unspecified atom stereocenters. The van der Waals surface area contributed by atoms with Crippen LogP contribution >= 0.6 is 12.6 Å². The molecule has 0 aromatic rings. The maximum atomic E-state index is 11.1. The summed E-state index contributed by atoms with van der Waals surface area (Å²) >= 11 is 3.99. The Morgan fingerprint density at radius 1 is 1.50 bits per heavy atom. The maximum Gasteiger partial charge on any atom is 0.220 e. The van der Waals surface area contributed by atoms with Crippen LogP contribution in [0.4, 0.5) is 0 Å². The van der Waals surface area contributed by atoms with E-state index in [1.807, 2.05) is 20.8 Å². The van der Waals surface area contributed by atoms with Crippen LogP contribution in [0.2, 0.25) is 0 Å². The predicted molar refractivity (Wildman–Crippen MR) is 61.8 cm³/mol. The Bertz CT molecular complexity index is 172. The summed E-state index contributed by atoms with van der Waals surface area (Å²) in [6.45, 7) is 7.40. The number of carbonyl (C=O) groups is 1. The van der Waals surface area contributed by atoms with Crippen LogP contribution in [-0.4, -0.2) is 30.4 Å². The molecule has 0 spiro atoms. The number of hydrogen-bond acceptors (Lipinski definition) is 3. The van der Waals surface area contributed by atoms with Crippen molar-refractivity contribution in [3.05, 3.63) is 0 Å². The van der Waals surface area contributed by atoms with Crippen molar-refractivity contribution in [3.63, 3.8) is 0 Å². The van der Waals surface area contributed by atoms with Gasteiger partial charge in [0.2, 0.25) is 5.91 Å². The van der Waals surface area contributed by atoms with Crippen molar-refractivity contribution in [2.24, 2.45) is 0 Å². The molecule has 0 heterocycles. The van der Waals surface area contributed by atoms with Gasteiger partial charge in [-0.05, 0) is 32.9 Å². The molecule has 84 valence electrons. The summed E-state index contributed by atoms with van der Waals surface area (Å²) in [5.74, 6) is 0.660. The van der Waals surface area contributed by atoms with Crippen molar-refractivity contribution in [3.8, 4) is 0 Å². The number of hydrogen-bond donors (Lipinski definition) is 2. The topological polar surface area (TPSA) is 38.3 Å². The summed E-state index contributed by atoms with van der Waals surface area (Å²) in [4.78, 5) is 11.1. The number of carbonyl (C=O) groups excluding carboxylic acids is 1.